The molecule has 0 bridgehead atoms. The molecule has 0 spiro atoms. The smallest absolute Gasteiger partial charge is 0.328 e. The van der Waals surface area contributed by atoms with E-state index in [1.165, 1.54) is 16.9 Å². The summed E-state index contributed by atoms with van der Waals surface area (Å²) in [6, 6.07) is 50.3. The second kappa shape index (κ2) is 41.9. The largest absolute Gasteiger partial charge is 0.497 e. The van der Waals surface area contributed by atoms with Crippen LogP contribution in [0.2, 0.25) is 5.02 Å². The van der Waals surface area contributed by atoms with E-state index in [0.717, 1.165) is 220 Å². The van der Waals surface area contributed by atoms with E-state index in [1.807, 2.05) is 191 Å². The highest BCUT2D eigenvalue weighted by molar-refractivity contribution is 7.18. The normalized spacial score (nSPS) is 18.6. The van der Waals surface area contributed by atoms with Gasteiger partial charge >= 0.3 is 22.8 Å². The van der Waals surface area contributed by atoms with E-state index in [2.05, 4.69) is 38.5 Å². The zero-order valence-corrected chi connectivity index (χ0v) is 77.4. The molecule has 4 aliphatic carbocycles. The highest BCUT2D eigenvalue weighted by Crippen LogP contribution is 2.39. The monoisotopic (exact) mass is 1800 g/mol. The minimum absolute atomic E-state index is 0.000888. The molecule has 7 heterocycles. The number of halogens is 1. The zero-order valence-electron chi connectivity index (χ0n) is 75.8. The molecule has 680 valence electrons. The van der Waals surface area contributed by atoms with E-state index in [0.29, 0.717) is 90.8 Å². The number of methoxy groups -OCH3 is 5. The molecule has 1 amide bonds. The molecule has 28 heteroatoms. The Bertz CT molecular complexity index is 6640. The highest BCUT2D eigenvalue weighted by Gasteiger charge is 2.34. The van der Waals surface area contributed by atoms with Crippen molar-refractivity contribution in [1.82, 2.24) is 56.7 Å². The molecule has 0 unspecified atom stereocenters. The van der Waals surface area contributed by atoms with Crippen molar-refractivity contribution in [2.24, 2.45) is 75.5 Å². The Kier molecular flexibility index (Phi) is 29.8. The van der Waals surface area contributed by atoms with Crippen molar-refractivity contribution in [2.75, 3.05) is 40.9 Å². The molecule has 130 heavy (non-hydrogen) atoms. The first kappa shape index (κ1) is 92.2. The summed E-state index contributed by atoms with van der Waals surface area (Å²) >= 11 is 7.70. The Balaban J connectivity index is 0.000000133. The number of hydrogen-bond acceptors (Lipinski definition) is 18. The first-order chi connectivity index (χ1) is 63.0. The van der Waals surface area contributed by atoms with Gasteiger partial charge in [0, 0.05) is 156 Å². The van der Waals surface area contributed by atoms with Crippen LogP contribution in [0, 0.1) is 47.3 Å². The molecule has 26 nitrogen and oxygen atoms in total. The number of aryl methyl sites for hydroxylation is 5. The molecule has 1 N–H and O–H groups in total. The number of ketones is 3. The van der Waals surface area contributed by atoms with Gasteiger partial charge in [-0.25, -0.2) is 19.2 Å². The molecule has 14 aromatic rings. The summed E-state index contributed by atoms with van der Waals surface area (Å²) in [6.45, 7) is 4.79. The van der Waals surface area contributed by atoms with E-state index in [1.54, 1.807) is 79.5 Å². The molecule has 4 aliphatic rings. The van der Waals surface area contributed by atoms with Crippen molar-refractivity contribution in [3.8, 4) is 39.3 Å². The third kappa shape index (κ3) is 21.0. The van der Waals surface area contributed by atoms with Crippen molar-refractivity contribution < 1.29 is 42.9 Å². The SMILES string of the molecule is CCc1ccc(Cl)c(CC(=O)C2CCC(Cn3c(=O)n(C)c4ccc(OC)cc43)CC2)c1.COc1ccc(CC(=O)C2CCC(Cn3c(=O)n(C)c4ccc(OC)cc43)CC2)cc1.COc1ccc2c(c1)n(CC1CCC(C(=O)Cc3cccc4ncccc34)CC1)c(=O)n2C.COc1ccc2c(c1)n(CC1CCC(C(=O)Nc3nnc(-c4ccncc4)s3)CC1)c(=O)n2C. The van der Waals surface area contributed by atoms with Gasteiger partial charge < -0.3 is 29.0 Å². The number of rotatable bonds is 26. The number of carbonyl (C=O) groups is 4. The van der Waals surface area contributed by atoms with Crippen molar-refractivity contribution in [3.63, 3.8) is 0 Å². The van der Waals surface area contributed by atoms with E-state index in [9.17, 15) is 38.4 Å². The molecule has 7 aromatic heterocycles. The van der Waals surface area contributed by atoms with Crippen LogP contribution < -0.4 is 51.8 Å². The maximum Gasteiger partial charge on any atom is 0.328 e. The molecular weight excluding hydrogens is 1680 g/mol. The van der Waals surface area contributed by atoms with Crippen LogP contribution in [-0.2, 0) is 99.2 Å². The number of nitrogens with one attached hydrogen (secondary N) is 1. The molecule has 18 rings (SSSR count). The lowest BCUT2D eigenvalue weighted by atomic mass is 9.78. The van der Waals surface area contributed by atoms with Crippen LogP contribution >= 0.6 is 22.9 Å². The molecular formula is C102H116ClN13O13S. The third-order valence-electron chi connectivity index (χ3n) is 27.4. The minimum Gasteiger partial charge on any atom is -0.497 e. The molecule has 0 saturated heterocycles. The lowest BCUT2D eigenvalue weighted by molar-refractivity contribution is -0.124. The van der Waals surface area contributed by atoms with Crippen molar-refractivity contribution in [2.45, 2.75) is 162 Å². The predicted octanol–water partition coefficient (Wildman–Crippen LogP) is 17.4. The van der Waals surface area contributed by atoms with Gasteiger partial charge in [0.15, 0.2) is 0 Å². The van der Waals surface area contributed by atoms with Crippen molar-refractivity contribution in [3.05, 3.63) is 246 Å². The number of ether oxygens (including phenoxy) is 5. The first-order valence-electron chi connectivity index (χ1n) is 45.3. The molecule has 0 aliphatic heterocycles. The minimum atomic E-state index is -0.0612. The highest BCUT2D eigenvalue weighted by atomic mass is 35.5. The number of anilines is 1. The fraction of sp³-hybridized carbons (Fsp3) is 0.412. The van der Waals surface area contributed by atoms with Crippen LogP contribution in [0.4, 0.5) is 5.13 Å². The molecule has 4 fully saturated rings. The number of pyridine rings is 2. The van der Waals surface area contributed by atoms with Gasteiger partial charge in [0.05, 0.1) is 85.2 Å². The van der Waals surface area contributed by atoms with E-state index < -0.39 is 0 Å². The summed E-state index contributed by atoms with van der Waals surface area (Å²) in [4.78, 5) is 111. The van der Waals surface area contributed by atoms with Crippen LogP contribution in [-0.4, -0.2) is 116 Å². The van der Waals surface area contributed by atoms with Gasteiger partial charge in [-0.2, -0.15) is 0 Å². The van der Waals surface area contributed by atoms with E-state index in [-0.39, 0.29) is 58.1 Å². The molecule has 0 atom stereocenters. The Hall–Kier alpha value is -12.5. The van der Waals surface area contributed by atoms with Gasteiger partial charge in [0.25, 0.3) is 0 Å². The Labute approximate surface area is 764 Å². The summed E-state index contributed by atoms with van der Waals surface area (Å²) in [5.41, 5.74) is 13.3. The van der Waals surface area contributed by atoms with Gasteiger partial charge in [-0.05, 0) is 246 Å². The number of carbonyl (C=O) groups excluding carboxylic acids is 4. The van der Waals surface area contributed by atoms with Crippen LogP contribution in [0.25, 0.3) is 65.6 Å². The number of hydrogen-bond donors (Lipinski definition) is 1. The number of aromatic nitrogens is 12. The average Bonchev–Trinajstić information content (AvgIpc) is 1.64. The fourth-order valence-electron chi connectivity index (χ4n) is 19.6. The zero-order chi connectivity index (χ0) is 91.4. The summed E-state index contributed by atoms with van der Waals surface area (Å²) in [7, 11) is 15.4. The maximum atomic E-state index is 13.1. The second-order valence-corrected chi connectivity index (χ2v) is 36.7. The van der Waals surface area contributed by atoms with Crippen LogP contribution in [0.1, 0.15) is 132 Å². The summed E-state index contributed by atoms with van der Waals surface area (Å²) in [5, 5.41) is 14.2. The number of imidazole rings is 4. The third-order valence-corrected chi connectivity index (χ3v) is 28.7. The lowest BCUT2D eigenvalue weighted by Crippen LogP contribution is -2.30. The van der Waals surface area contributed by atoms with Gasteiger partial charge in [-0.1, -0.05) is 72.3 Å². The van der Waals surface area contributed by atoms with Gasteiger partial charge in [0.2, 0.25) is 11.0 Å². The molecule has 7 aromatic carbocycles. The Morgan fingerprint density at radius 3 is 1.17 bits per heavy atom. The van der Waals surface area contributed by atoms with Crippen molar-refractivity contribution in [1.29, 1.82) is 0 Å². The van der Waals surface area contributed by atoms with Crippen LogP contribution in [0.5, 0.6) is 28.7 Å². The van der Waals surface area contributed by atoms with Gasteiger partial charge in [0.1, 0.15) is 51.1 Å². The van der Waals surface area contributed by atoms with E-state index in [4.69, 9.17) is 35.3 Å². The topological polar surface area (TPSA) is 286 Å². The Morgan fingerprint density at radius 1 is 0.392 bits per heavy atom. The predicted molar refractivity (Wildman–Crippen MR) is 510 cm³/mol. The standard InChI is InChI=1S/C27H29N3O3.C26H31ClN2O3.C25H30N2O4.C24H26N6O3S/c1-29-24-13-12-21(33-2)16-25(24)30(27(29)32)17-18-8-10-19(11-9-18)26(31)15-20-5-3-7-23-22(20)6-4-14-28-23;1-4-17-7-11-22(27)20(13-17)14-25(30)19-8-5-18(6-9-19)16-29-24-15-21(32-3)10-12-23(24)28(2)26(29)31;1-26-22-13-12-21(31-3)15-23(22)27(25(26)29)16-18-4-8-19(9-5-18)24(28)14-17-6-10-20(30-2)11-7-17;1-29-19-8-7-18(33-2)13-20(19)30(24(29)32)14-15-3-5-16(6-4-15)21(31)26-23-28-27-22(34-23)17-9-11-25-12-10-17/h3-7,12-14,16,18-19H,8-11,15,17H2,1-2H3;7,10-13,15,18-19H,4-6,8-9,14,16H2,1-3H3;6-7,10-13,15,18-19H,4-5,8-9,14,16H2,1-3H3;7-13,15-16H,3-6,14H2,1-2H3,(H,26,28,31). The fourth-order valence-corrected chi connectivity index (χ4v) is 20.5. The van der Waals surface area contributed by atoms with Crippen LogP contribution in [0.3, 0.4) is 0 Å². The molecule has 4 saturated carbocycles. The maximum absolute atomic E-state index is 13.1. The first-order valence-corrected chi connectivity index (χ1v) is 46.5. The number of benzene rings is 7. The second-order valence-electron chi connectivity index (χ2n) is 35.3. The summed E-state index contributed by atoms with van der Waals surface area (Å²) < 4.78 is 40.8. The number of nitrogens with zero attached hydrogens (tertiary/aromatic N) is 12. The lowest BCUT2D eigenvalue weighted by Gasteiger charge is -2.28. The molecule has 0 radical (unpaired) electrons. The number of Topliss-reactive ketones (excluding diaryl/α,β-unsaturated/α-hetero) is 3. The number of fused-ring (bicyclic) bond motifs is 5. The summed E-state index contributed by atoms with van der Waals surface area (Å²) in [5.74, 6) is 6.45. The van der Waals surface area contributed by atoms with Gasteiger partial charge in [-0.15, -0.1) is 10.2 Å². The van der Waals surface area contributed by atoms with Gasteiger partial charge in [-0.3, -0.25) is 65.7 Å². The van der Waals surface area contributed by atoms with E-state index >= 15 is 0 Å². The van der Waals surface area contributed by atoms with Crippen molar-refractivity contribution >= 4 is 106 Å². The Morgan fingerprint density at radius 2 is 0.769 bits per heavy atom. The number of amides is 1. The summed E-state index contributed by atoms with van der Waals surface area (Å²) in [6.07, 6.45) is 21.9. The van der Waals surface area contributed by atoms with Crippen LogP contribution in [0.15, 0.2) is 195 Å². The quantitative estimate of drug-likeness (QED) is 0.0527. The average molecular weight is 1800 g/mol.